The van der Waals surface area contributed by atoms with Crippen molar-refractivity contribution in [3.8, 4) is 0 Å². The van der Waals surface area contributed by atoms with Gasteiger partial charge in [-0.25, -0.2) is 9.88 Å². The summed E-state index contributed by atoms with van der Waals surface area (Å²) in [6.45, 7) is 5.53. The summed E-state index contributed by atoms with van der Waals surface area (Å²) >= 11 is 0. The van der Waals surface area contributed by atoms with Gasteiger partial charge in [0.15, 0.2) is 0 Å². The summed E-state index contributed by atoms with van der Waals surface area (Å²) < 4.78 is 29.7. The van der Waals surface area contributed by atoms with Gasteiger partial charge in [-0.3, -0.25) is 9.36 Å². The molecule has 0 radical (unpaired) electrons. The van der Waals surface area contributed by atoms with E-state index in [1.54, 1.807) is 51.1 Å². The highest BCUT2D eigenvalue weighted by molar-refractivity contribution is 7.57. The van der Waals surface area contributed by atoms with Crippen LogP contribution in [0.15, 0.2) is 60.7 Å². The molecule has 174 valence electrons. The molecule has 0 saturated carbocycles. The second-order valence-electron chi connectivity index (χ2n) is 7.40. The van der Waals surface area contributed by atoms with Crippen molar-refractivity contribution in [2.24, 2.45) is 5.92 Å². The first-order chi connectivity index (χ1) is 15.3. The summed E-state index contributed by atoms with van der Waals surface area (Å²) in [5.74, 6) is -1.87. The zero-order valence-corrected chi connectivity index (χ0v) is 19.7. The van der Waals surface area contributed by atoms with Crippen molar-refractivity contribution < 1.29 is 28.2 Å². The molecule has 2 rings (SSSR count). The van der Waals surface area contributed by atoms with Gasteiger partial charge >= 0.3 is 12.1 Å². The molecule has 2 N–H and O–H groups in total. The lowest BCUT2D eigenvalue weighted by molar-refractivity contribution is -0.146. The number of nitrogens with one attached hydrogen (secondary N) is 2. The Kier molecular flexibility index (Phi) is 9.91. The summed E-state index contributed by atoms with van der Waals surface area (Å²) in [5.41, 5.74) is 1.35. The highest BCUT2D eigenvalue weighted by atomic mass is 31.2. The summed E-state index contributed by atoms with van der Waals surface area (Å²) in [6, 6.07) is 17.0. The maximum atomic E-state index is 13.9. The quantitative estimate of drug-likeness (QED) is 0.371. The Hall–Kier alpha value is -2.67. The summed E-state index contributed by atoms with van der Waals surface area (Å²) in [7, 11) is -2.57. The number of alkyl carbamates (subject to hydrolysis) is 1. The highest BCUT2D eigenvalue weighted by Crippen LogP contribution is 2.55. The van der Waals surface area contributed by atoms with Crippen LogP contribution in [0.5, 0.6) is 0 Å². The molecule has 0 aliphatic carbocycles. The predicted octanol–water partition coefficient (Wildman–Crippen LogP) is 4.63. The van der Waals surface area contributed by atoms with E-state index in [2.05, 4.69) is 10.4 Å². The largest absolute Gasteiger partial charge is 0.465 e. The Morgan fingerprint density at radius 1 is 0.969 bits per heavy atom. The third-order valence-electron chi connectivity index (χ3n) is 4.72. The molecule has 0 spiro atoms. The van der Waals surface area contributed by atoms with Crippen molar-refractivity contribution in [2.45, 2.75) is 39.2 Å². The molecule has 2 unspecified atom stereocenters. The molecule has 0 heterocycles. The van der Waals surface area contributed by atoms with Gasteiger partial charge in [-0.2, -0.15) is 0 Å². The van der Waals surface area contributed by atoms with Gasteiger partial charge in [-0.1, -0.05) is 74.5 Å². The molecule has 0 aromatic heterocycles. The topological polar surface area (TPSA) is 103 Å². The Morgan fingerprint density at radius 2 is 1.56 bits per heavy atom. The summed E-state index contributed by atoms with van der Waals surface area (Å²) in [4.78, 5) is 25.0. The SMILES string of the molecule is CCOC(=O)[C@@H](NP(=O)(OC)C(NC(=O)OCc1ccccc1)c1ccccc1)C(C)C. The van der Waals surface area contributed by atoms with E-state index in [4.69, 9.17) is 14.0 Å². The van der Waals surface area contributed by atoms with Crippen molar-refractivity contribution in [2.75, 3.05) is 13.7 Å². The van der Waals surface area contributed by atoms with Gasteiger partial charge in [0.2, 0.25) is 0 Å². The standard InChI is InChI=1S/C23H31N2O6P/c1-5-30-22(26)20(17(2)3)25-32(28,29-4)21(19-14-10-7-11-15-19)24-23(27)31-16-18-12-8-6-9-13-18/h6-15,17,20-21H,5,16H2,1-4H3,(H,24,27)(H,25,28)/t20-,21?,32?/m0/s1. The molecule has 2 aromatic carbocycles. The fraction of sp³-hybridized carbons (Fsp3) is 0.391. The lowest BCUT2D eigenvalue weighted by atomic mass is 10.1. The fourth-order valence-electron chi connectivity index (χ4n) is 3.01. The molecule has 2 aromatic rings. The molecule has 1 amide bonds. The van der Waals surface area contributed by atoms with Crippen molar-refractivity contribution in [1.29, 1.82) is 0 Å². The first-order valence-electron chi connectivity index (χ1n) is 10.4. The number of esters is 1. The van der Waals surface area contributed by atoms with Crippen LogP contribution in [-0.2, 0) is 30.0 Å². The van der Waals surface area contributed by atoms with Crippen LogP contribution in [0.25, 0.3) is 0 Å². The monoisotopic (exact) mass is 462 g/mol. The van der Waals surface area contributed by atoms with Crippen LogP contribution < -0.4 is 10.4 Å². The second kappa shape index (κ2) is 12.4. The van der Waals surface area contributed by atoms with Gasteiger partial charge in [-0.05, 0) is 24.0 Å². The minimum atomic E-state index is -3.83. The van der Waals surface area contributed by atoms with E-state index < -0.39 is 31.4 Å². The molecule has 0 bridgehead atoms. The van der Waals surface area contributed by atoms with E-state index in [-0.39, 0.29) is 19.1 Å². The minimum absolute atomic E-state index is 0.0519. The lowest BCUT2D eigenvalue weighted by Crippen LogP contribution is -2.43. The molecule has 0 saturated heterocycles. The third kappa shape index (κ3) is 7.19. The number of ether oxygens (including phenoxy) is 2. The number of rotatable bonds is 11. The molecular formula is C23H31N2O6P. The number of benzene rings is 2. The molecule has 0 aliphatic rings. The fourth-order valence-corrected chi connectivity index (χ4v) is 5.11. The summed E-state index contributed by atoms with van der Waals surface area (Å²) in [5, 5.41) is 5.48. The Bertz CT molecular complexity index is 907. The third-order valence-corrected chi connectivity index (χ3v) is 7.01. The number of carbonyl (C=O) groups excluding carboxylic acids is 2. The van der Waals surface area contributed by atoms with E-state index in [9.17, 15) is 14.2 Å². The average molecular weight is 462 g/mol. The molecular weight excluding hydrogens is 431 g/mol. The number of carbonyl (C=O) groups is 2. The van der Waals surface area contributed by atoms with Crippen LogP contribution in [0.2, 0.25) is 0 Å². The normalized spacial score (nSPS) is 14.8. The van der Waals surface area contributed by atoms with Crippen molar-refractivity contribution in [1.82, 2.24) is 10.4 Å². The van der Waals surface area contributed by atoms with Gasteiger partial charge < -0.3 is 19.3 Å². The molecule has 9 heteroatoms. The number of hydrogen-bond acceptors (Lipinski definition) is 6. The number of hydrogen-bond donors (Lipinski definition) is 2. The van der Waals surface area contributed by atoms with E-state index in [0.717, 1.165) is 5.56 Å². The molecule has 0 aliphatic heterocycles. The van der Waals surface area contributed by atoms with E-state index >= 15 is 0 Å². The van der Waals surface area contributed by atoms with Crippen molar-refractivity contribution >= 4 is 19.6 Å². The van der Waals surface area contributed by atoms with Gasteiger partial charge in [0.05, 0.1) is 6.61 Å². The molecule has 3 atom stereocenters. The van der Waals surface area contributed by atoms with Crippen molar-refractivity contribution in [3.05, 3.63) is 71.8 Å². The summed E-state index contributed by atoms with van der Waals surface area (Å²) in [6.07, 6.45) is -0.765. The molecule has 8 nitrogen and oxygen atoms in total. The first kappa shape index (κ1) is 25.6. The predicted molar refractivity (Wildman–Crippen MR) is 122 cm³/mol. The maximum Gasteiger partial charge on any atom is 0.408 e. The van der Waals surface area contributed by atoms with Gasteiger partial charge in [-0.15, -0.1) is 0 Å². The minimum Gasteiger partial charge on any atom is -0.465 e. The smallest absolute Gasteiger partial charge is 0.408 e. The molecule has 0 fully saturated rings. The zero-order valence-electron chi connectivity index (χ0n) is 18.8. The molecule has 32 heavy (non-hydrogen) atoms. The second-order valence-corrected chi connectivity index (χ2v) is 9.74. The van der Waals surface area contributed by atoms with E-state index in [1.807, 2.05) is 30.3 Å². The van der Waals surface area contributed by atoms with Crippen LogP contribution in [0.1, 0.15) is 37.7 Å². The van der Waals surface area contributed by atoms with Crippen LogP contribution >= 0.6 is 7.52 Å². The highest BCUT2D eigenvalue weighted by Gasteiger charge is 2.41. The van der Waals surface area contributed by atoms with Gasteiger partial charge in [0, 0.05) is 7.11 Å². The zero-order chi connectivity index (χ0) is 23.6. The Morgan fingerprint density at radius 3 is 2.09 bits per heavy atom. The lowest BCUT2D eigenvalue weighted by Gasteiger charge is -2.31. The van der Waals surface area contributed by atoms with Crippen LogP contribution in [-0.4, -0.2) is 31.8 Å². The van der Waals surface area contributed by atoms with Crippen LogP contribution in [0, 0.1) is 5.92 Å². The van der Waals surface area contributed by atoms with Crippen molar-refractivity contribution in [3.63, 3.8) is 0 Å². The van der Waals surface area contributed by atoms with Gasteiger partial charge in [0.25, 0.3) is 7.52 Å². The first-order valence-corrected chi connectivity index (χ1v) is 12.1. The van der Waals surface area contributed by atoms with Crippen LogP contribution in [0.4, 0.5) is 4.79 Å². The van der Waals surface area contributed by atoms with Crippen LogP contribution in [0.3, 0.4) is 0 Å². The van der Waals surface area contributed by atoms with E-state index in [1.165, 1.54) is 7.11 Å². The van der Waals surface area contributed by atoms with Gasteiger partial charge in [0.1, 0.15) is 18.4 Å². The van der Waals surface area contributed by atoms with E-state index in [0.29, 0.717) is 5.56 Å². The Labute approximate surface area is 189 Å². The Balaban J connectivity index is 2.27. The number of amides is 1. The maximum absolute atomic E-state index is 13.9. The average Bonchev–Trinajstić information content (AvgIpc) is 2.80.